The summed E-state index contributed by atoms with van der Waals surface area (Å²) in [7, 11) is 0. The van der Waals surface area contributed by atoms with Gasteiger partial charge in [0.1, 0.15) is 17.8 Å². The highest BCUT2D eigenvalue weighted by atomic mass is 16.2. The van der Waals surface area contributed by atoms with E-state index < -0.39 is 0 Å². The molecule has 1 amide bonds. The Hall–Kier alpha value is -3.13. The van der Waals surface area contributed by atoms with Crippen LogP contribution in [0.15, 0.2) is 48.9 Å². The van der Waals surface area contributed by atoms with Gasteiger partial charge in [0.05, 0.1) is 6.04 Å². The van der Waals surface area contributed by atoms with E-state index in [1.807, 2.05) is 30.0 Å². The maximum atomic E-state index is 13.0. The summed E-state index contributed by atoms with van der Waals surface area (Å²) in [4.78, 5) is 29.8. The minimum absolute atomic E-state index is 0.0822. The molecular formula is C20H23N7O. The number of H-pyrrole nitrogens is 1. The number of hydrogen-bond donors (Lipinski definition) is 1. The smallest absolute Gasteiger partial charge is 0.272 e. The molecule has 0 aliphatic carbocycles. The molecule has 3 heterocycles. The first-order valence-corrected chi connectivity index (χ1v) is 9.43. The predicted molar refractivity (Wildman–Crippen MR) is 103 cm³/mol. The molecule has 0 saturated carbocycles. The van der Waals surface area contributed by atoms with Crippen molar-refractivity contribution in [2.75, 3.05) is 19.6 Å². The van der Waals surface area contributed by atoms with E-state index in [-0.39, 0.29) is 11.9 Å². The van der Waals surface area contributed by atoms with Crippen molar-refractivity contribution < 1.29 is 4.79 Å². The first-order valence-electron chi connectivity index (χ1n) is 9.43. The molecule has 0 bridgehead atoms. The molecule has 1 unspecified atom stereocenters. The molecule has 144 valence electrons. The van der Waals surface area contributed by atoms with E-state index in [1.54, 1.807) is 12.3 Å². The van der Waals surface area contributed by atoms with Gasteiger partial charge < -0.3 is 4.90 Å². The average molecular weight is 377 g/mol. The van der Waals surface area contributed by atoms with Gasteiger partial charge in [-0.15, -0.1) is 0 Å². The number of aromatic amines is 1. The molecule has 1 fully saturated rings. The van der Waals surface area contributed by atoms with Crippen LogP contribution in [0.25, 0.3) is 0 Å². The van der Waals surface area contributed by atoms with Gasteiger partial charge in [-0.2, -0.15) is 5.10 Å². The van der Waals surface area contributed by atoms with Gasteiger partial charge in [-0.25, -0.2) is 15.0 Å². The normalized spacial score (nSPS) is 18.0. The molecule has 1 aliphatic heterocycles. The van der Waals surface area contributed by atoms with E-state index >= 15 is 0 Å². The van der Waals surface area contributed by atoms with Crippen LogP contribution in [0.5, 0.6) is 0 Å². The fraction of sp³-hybridized carbons (Fsp3) is 0.350. The summed E-state index contributed by atoms with van der Waals surface area (Å²) in [6.45, 7) is 4.73. The number of hydrogen-bond acceptors (Lipinski definition) is 6. The number of aryl methyl sites for hydroxylation is 1. The molecule has 1 aromatic carbocycles. The Morgan fingerprint density at radius 1 is 1.21 bits per heavy atom. The first kappa shape index (κ1) is 18.2. The van der Waals surface area contributed by atoms with Gasteiger partial charge in [0.2, 0.25) is 0 Å². The fourth-order valence-electron chi connectivity index (χ4n) is 3.56. The standard InChI is InChI=1S/C20H23N7O/c1-15-23-19(25-24-15)18-13-27(20(28)17-8-9-21-14-22-17)11-5-10-26(18)12-16-6-3-2-4-7-16/h2-4,6-9,14,18H,5,10-13H2,1H3,(H,23,24,25). The molecule has 1 saturated heterocycles. The van der Waals surface area contributed by atoms with Crippen LogP contribution in [-0.4, -0.2) is 60.5 Å². The van der Waals surface area contributed by atoms with Crippen LogP contribution in [0.1, 0.15) is 40.2 Å². The second-order valence-corrected chi connectivity index (χ2v) is 6.95. The highest BCUT2D eigenvalue weighted by Crippen LogP contribution is 2.25. The van der Waals surface area contributed by atoms with E-state index in [4.69, 9.17) is 0 Å². The summed E-state index contributed by atoms with van der Waals surface area (Å²) in [5.41, 5.74) is 1.65. The highest BCUT2D eigenvalue weighted by molar-refractivity contribution is 5.92. The zero-order chi connectivity index (χ0) is 19.3. The van der Waals surface area contributed by atoms with E-state index in [0.717, 1.165) is 31.2 Å². The Morgan fingerprint density at radius 3 is 2.79 bits per heavy atom. The molecule has 0 spiro atoms. The van der Waals surface area contributed by atoms with E-state index in [0.29, 0.717) is 18.8 Å². The van der Waals surface area contributed by atoms with Crippen LogP contribution in [0, 0.1) is 6.92 Å². The van der Waals surface area contributed by atoms with Gasteiger partial charge in [0, 0.05) is 32.4 Å². The van der Waals surface area contributed by atoms with Gasteiger partial charge in [-0.1, -0.05) is 30.3 Å². The van der Waals surface area contributed by atoms with Gasteiger partial charge in [-0.05, 0) is 25.0 Å². The summed E-state index contributed by atoms with van der Waals surface area (Å²) in [6.07, 6.45) is 3.88. The zero-order valence-electron chi connectivity index (χ0n) is 15.8. The lowest BCUT2D eigenvalue weighted by Gasteiger charge is -2.29. The molecule has 2 aromatic heterocycles. The number of amides is 1. The number of rotatable bonds is 4. The van der Waals surface area contributed by atoms with Crippen LogP contribution < -0.4 is 0 Å². The molecule has 1 N–H and O–H groups in total. The van der Waals surface area contributed by atoms with Crippen molar-refractivity contribution in [2.24, 2.45) is 0 Å². The average Bonchev–Trinajstić information content (AvgIpc) is 3.05. The lowest BCUT2D eigenvalue weighted by molar-refractivity contribution is 0.0720. The highest BCUT2D eigenvalue weighted by Gasteiger charge is 2.31. The summed E-state index contributed by atoms with van der Waals surface area (Å²) >= 11 is 0. The third-order valence-electron chi connectivity index (χ3n) is 4.94. The summed E-state index contributed by atoms with van der Waals surface area (Å²) < 4.78 is 0. The van der Waals surface area contributed by atoms with Gasteiger partial charge in [0.15, 0.2) is 5.82 Å². The second-order valence-electron chi connectivity index (χ2n) is 6.95. The summed E-state index contributed by atoms with van der Waals surface area (Å²) in [6, 6.07) is 11.9. The van der Waals surface area contributed by atoms with Crippen molar-refractivity contribution in [1.29, 1.82) is 0 Å². The van der Waals surface area contributed by atoms with Gasteiger partial charge >= 0.3 is 0 Å². The van der Waals surface area contributed by atoms with Crippen molar-refractivity contribution in [1.82, 2.24) is 34.9 Å². The minimum Gasteiger partial charge on any atom is -0.335 e. The van der Waals surface area contributed by atoms with Crippen LogP contribution in [-0.2, 0) is 6.54 Å². The van der Waals surface area contributed by atoms with Crippen molar-refractivity contribution in [3.05, 3.63) is 71.8 Å². The first-order chi connectivity index (χ1) is 13.7. The number of aromatic nitrogens is 5. The Labute approximate surface area is 163 Å². The molecule has 8 heteroatoms. The fourth-order valence-corrected chi connectivity index (χ4v) is 3.56. The maximum Gasteiger partial charge on any atom is 0.272 e. The molecule has 1 atom stereocenters. The Kier molecular flexibility index (Phi) is 5.38. The third kappa shape index (κ3) is 4.07. The number of carbonyl (C=O) groups is 1. The van der Waals surface area contributed by atoms with Crippen molar-refractivity contribution in [3.63, 3.8) is 0 Å². The SMILES string of the molecule is Cc1nc(C2CN(C(=O)c3ccncn3)CCCN2Cc2ccccc2)n[nH]1. The summed E-state index contributed by atoms with van der Waals surface area (Å²) in [5, 5.41) is 7.33. The molecule has 3 aromatic rings. The molecule has 1 aliphatic rings. The van der Waals surface area contributed by atoms with Crippen molar-refractivity contribution >= 4 is 5.91 Å². The number of nitrogens with zero attached hydrogens (tertiary/aromatic N) is 6. The maximum absolute atomic E-state index is 13.0. The van der Waals surface area contributed by atoms with Crippen LogP contribution >= 0.6 is 0 Å². The van der Waals surface area contributed by atoms with E-state index in [9.17, 15) is 4.79 Å². The molecule has 4 rings (SSSR count). The van der Waals surface area contributed by atoms with Crippen LogP contribution in [0.2, 0.25) is 0 Å². The lowest BCUT2D eigenvalue weighted by Crippen LogP contribution is -2.38. The molecule has 0 radical (unpaired) electrons. The number of benzene rings is 1. The topological polar surface area (TPSA) is 90.9 Å². The van der Waals surface area contributed by atoms with Gasteiger partial charge in [0.25, 0.3) is 5.91 Å². The number of nitrogens with one attached hydrogen (secondary N) is 1. The third-order valence-corrected chi connectivity index (χ3v) is 4.94. The quantitative estimate of drug-likeness (QED) is 0.748. The molecule has 8 nitrogen and oxygen atoms in total. The van der Waals surface area contributed by atoms with Crippen molar-refractivity contribution in [3.8, 4) is 0 Å². The minimum atomic E-state index is -0.0848. The lowest BCUT2D eigenvalue weighted by atomic mass is 10.1. The Bertz CT molecular complexity index is 913. The van der Waals surface area contributed by atoms with E-state index in [1.165, 1.54) is 11.9 Å². The van der Waals surface area contributed by atoms with Crippen LogP contribution in [0.3, 0.4) is 0 Å². The monoisotopic (exact) mass is 377 g/mol. The van der Waals surface area contributed by atoms with Crippen molar-refractivity contribution in [2.45, 2.75) is 25.9 Å². The second kappa shape index (κ2) is 8.26. The largest absolute Gasteiger partial charge is 0.335 e. The van der Waals surface area contributed by atoms with Gasteiger partial charge in [-0.3, -0.25) is 14.8 Å². The Balaban J connectivity index is 1.60. The molecule has 28 heavy (non-hydrogen) atoms. The van der Waals surface area contributed by atoms with E-state index in [2.05, 4.69) is 42.2 Å². The zero-order valence-corrected chi connectivity index (χ0v) is 15.8. The predicted octanol–water partition coefficient (Wildman–Crippen LogP) is 1.99. The van der Waals surface area contributed by atoms with Crippen LogP contribution in [0.4, 0.5) is 0 Å². The summed E-state index contributed by atoms with van der Waals surface area (Å²) in [5.74, 6) is 1.41. The Morgan fingerprint density at radius 2 is 2.07 bits per heavy atom. The molecular weight excluding hydrogens is 354 g/mol. The number of carbonyl (C=O) groups excluding carboxylic acids is 1.